The first-order chi connectivity index (χ1) is 10.9. The third kappa shape index (κ3) is 7.11. The summed E-state index contributed by atoms with van der Waals surface area (Å²) in [6, 6.07) is 5.28. The maximum absolute atomic E-state index is 11.8. The van der Waals surface area contributed by atoms with E-state index in [0.717, 1.165) is 0 Å². The molecule has 0 radical (unpaired) electrons. The molecule has 1 amide bonds. The van der Waals surface area contributed by atoms with E-state index in [1.165, 1.54) is 24.3 Å². The van der Waals surface area contributed by atoms with Crippen LogP contribution in [0, 0.1) is 20.2 Å². The normalized spacial score (nSPS) is 10.1. The van der Waals surface area contributed by atoms with Crippen LogP contribution in [0.15, 0.2) is 24.3 Å². The number of non-ortho nitro benzene ring substituents is 1. The Morgan fingerprint density at radius 2 is 1.65 bits per heavy atom. The first-order valence-electron chi connectivity index (χ1n) is 7.06. The van der Waals surface area contributed by atoms with E-state index in [1.54, 1.807) is 0 Å². The lowest BCUT2D eigenvalue weighted by atomic mass is 10.1. The van der Waals surface area contributed by atoms with Gasteiger partial charge in [-0.15, -0.1) is 0 Å². The Balaban J connectivity index is 2.20. The van der Waals surface area contributed by atoms with E-state index in [-0.39, 0.29) is 18.0 Å². The van der Waals surface area contributed by atoms with Crippen LogP contribution in [-0.4, -0.2) is 34.6 Å². The van der Waals surface area contributed by atoms with E-state index in [4.69, 9.17) is 0 Å². The van der Waals surface area contributed by atoms with E-state index >= 15 is 0 Å². The fourth-order valence-electron chi connectivity index (χ4n) is 1.89. The average Bonchev–Trinajstić information content (AvgIpc) is 2.49. The second kappa shape index (κ2) is 9.23. The second-order valence-electron chi connectivity index (χ2n) is 4.90. The Labute approximate surface area is 132 Å². The van der Waals surface area contributed by atoms with Crippen molar-refractivity contribution in [1.29, 1.82) is 0 Å². The monoisotopic (exact) mass is 323 g/mol. The molecule has 0 aliphatic rings. The van der Waals surface area contributed by atoms with Crippen LogP contribution in [-0.2, 0) is 4.79 Å². The molecule has 1 aromatic carbocycles. The van der Waals surface area contributed by atoms with Crippen LogP contribution >= 0.6 is 0 Å². The molecule has 0 aliphatic carbocycles. The van der Waals surface area contributed by atoms with Crippen molar-refractivity contribution in [2.24, 2.45) is 0 Å². The molecule has 0 spiro atoms. The van der Waals surface area contributed by atoms with Gasteiger partial charge in [-0.05, 0) is 25.0 Å². The van der Waals surface area contributed by atoms with Gasteiger partial charge in [0.2, 0.25) is 5.78 Å². The van der Waals surface area contributed by atoms with Crippen LogP contribution in [0.25, 0.3) is 0 Å². The minimum absolute atomic E-state index is 0.0825. The van der Waals surface area contributed by atoms with E-state index < -0.39 is 22.2 Å². The number of hydrogen-bond donors (Lipinski definition) is 1. The molecule has 0 aliphatic heterocycles. The number of Topliss-reactive ketones (excluding diaryl/α,β-unsaturated/α-hetero) is 1. The molecule has 1 aromatic rings. The number of nitrogens with one attached hydrogen (secondary N) is 1. The van der Waals surface area contributed by atoms with Gasteiger partial charge in [0.05, 0.1) is 4.92 Å². The highest BCUT2D eigenvalue weighted by atomic mass is 16.6. The molecule has 1 N–H and O–H groups in total. The number of amides is 1. The Morgan fingerprint density at radius 1 is 1.00 bits per heavy atom. The van der Waals surface area contributed by atoms with Crippen molar-refractivity contribution in [1.82, 2.24) is 5.32 Å². The van der Waals surface area contributed by atoms with Gasteiger partial charge >= 0.3 is 0 Å². The highest BCUT2D eigenvalue weighted by Gasteiger charge is 2.10. The lowest BCUT2D eigenvalue weighted by Crippen LogP contribution is -2.24. The number of nitrogens with zero attached hydrogens (tertiary/aromatic N) is 2. The summed E-state index contributed by atoms with van der Waals surface area (Å²) in [5.74, 6) is -0.728. The van der Waals surface area contributed by atoms with Crippen molar-refractivity contribution in [3.8, 4) is 0 Å². The first kappa shape index (κ1) is 18.2. The van der Waals surface area contributed by atoms with Gasteiger partial charge in [0, 0.05) is 35.6 Å². The molecule has 0 fully saturated rings. The number of carbonyl (C=O) groups is 2. The van der Waals surface area contributed by atoms with E-state index in [0.29, 0.717) is 31.4 Å². The molecular formula is C14H17N3O6. The summed E-state index contributed by atoms with van der Waals surface area (Å²) in [6.07, 6.45) is 2.02. The summed E-state index contributed by atoms with van der Waals surface area (Å²) in [5, 5.41) is 23.3. The van der Waals surface area contributed by atoms with Gasteiger partial charge in [-0.25, -0.2) is 0 Å². The summed E-state index contributed by atoms with van der Waals surface area (Å²) >= 11 is 0. The van der Waals surface area contributed by atoms with Crippen LogP contribution < -0.4 is 5.32 Å². The molecule has 0 heterocycles. The van der Waals surface area contributed by atoms with Crippen LogP contribution in [0.3, 0.4) is 0 Å². The summed E-state index contributed by atoms with van der Waals surface area (Å²) in [5.41, 5.74) is 0.248. The zero-order valence-electron chi connectivity index (χ0n) is 12.4. The summed E-state index contributed by atoms with van der Waals surface area (Å²) in [4.78, 5) is 42.3. The molecule has 9 heteroatoms. The number of hydrogen-bond acceptors (Lipinski definition) is 6. The molecule has 9 nitrogen and oxygen atoms in total. The summed E-state index contributed by atoms with van der Waals surface area (Å²) < 4.78 is 0. The van der Waals surface area contributed by atoms with Crippen LogP contribution in [0.4, 0.5) is 5.69 Å². The largest absolute Gasteiger partial charge is 0.352 e. The van der Waals surface area contributed by atoms with Crippen molar-refractivity contribution in [3.05, 3.63) is 50.1 Å². The Hall–Kier alpha value is -2.84. The molecule has 0 aromatic heterocycles. The third-order valence-corrected chi connectivity index (χ3v) is 3.06. The Bertz CT molecular complexity index is 585. The van der Waals surface area contributed by atoms with Crippen molar-refractivity contribution in [2.75, 3.05) is 13.1 Å². The molecule has 1 rings (SSSR count). The predicted octanol–water partition coefficient (Wildman–Crippen LogP) is 1.73. The fourth-order valence-corrected chi connectivity index (χ4v) is 1.89. The number of nitro benzene ring substituents is 1. The molecule has 0 bridgehead atoms. The molecular weight excluding hydrogens is 306 g/mol. The number of ketones is 1. The molecule has 0 saturated heterocycles. The minimum Gasteiger partial charge on any atom is -0.352 e. The fraction of sp³-hybridized carbons (Fsp3) is 0.429. The van der Waals surface area contributed by atoms with Crippen molar-refractivity contribution >= 4 is 17.4 Å². The lowest BCUT2D eigenvalue weighted by molar-refractivity contribution is -0.467. The topological polar surface area (TPSA) is 132 Å². The number of rotatable bonds is 10. The average molecular weight is 323 g/mol. The molecule has 0 saturated carbocycles. The molecule has 23 heavy (non-hydrogen) atoms. The van der Waals surface area contributed by atoms with E-state index in [2.05, 4.69) is 5.32 Å². The lowest BCUT2D eigenvalue weighted by Gasteiger charge is -2.05. The molecule has 124 valence electrons. The van der Waals surface area contributed by atoms with Gasteiger partial charge in [-0.3, -0.25) is 29.8 Å². The van der Waals surface area contributed by atoms with Crippen molar-refractivity contribution in [2.45, 2.75) is 25.7 Å². The number of nitro groups is 2. The van der Waals surface area contributed by atoms with Crippen molar-refractivity contribution in [3.63, 3.8) is 0 Å². The van der Waals surface area contributed by atoms with Gasteiger partial charge in [0.15, 0.2) is 0 Å². The second-order valence-corrected chi connectivity index (χ2v) is 4.90. The maximum atomic E-state index is 11.8. The zero-order chi connectivity index (χ0) is 17.2. The van der Waals surface area contributed by atoms with Gasteiger partial charge in [-0.1, -0.05) is 6.42 Å². The smallest absolute Gasteiger partial charge is 0.269 e. The van der Waals surface area contributed by atoms with Gasteiger partial charge in [0.25, 0.3) is 18.1 Å². The Morgan fingerprint density at radius 3 is 2.22 bits per heavy atom. The number of benzene rings is 1. The summed E-state index contributed by atoms with van der Waals surface area (Å²) in [6.45, 7) is -0.240. The Kier molecular flexibility index (Phi) is 7.31. The quantitative estimate of drug-likeness (QED) is 0.396. The predicted molar refractivity (Wildman–Crippen MR) is 80.8 cm³/mol. The number of unbranched alkanes of at least 4 members (excludes halogenated alkanes) is 2. The van der Waals surface area contributed by atoms with E-state index in [9.17, 15) is 29.8 Å². The van der Waals surface area contributed by atoms with Crippen LogP contribution in [0.1, 0.15) is 36.0 Å². The van der Waals surface area contributed by atoms with Gasteiger partial charge in [0.1, 0.15) is 0 Å². The zero-order valence-corrected chi connectivity index (χ0v) is 12.4. The van der Waals surface area contributed by atoms with Crippen molar-refractivity contribution < 1.29 is 19.4 Å². The standard InChI is InChI=1S/C14H17N3O6/c18-13(10-16(20)21)4-2-1-3-9-15-14(19)11-5-7-12(8-6-11)17(22)23/h5-8H,1-4,9-10H2,(H,15,19). The van der Waals surface area contributed by atoms with E-state index in [1.807, 2.05) is 0 Å². The summed E-state index contributed by atoms with van der Waals surface area (Å²) in [7, 11) is 0. The molecule has 0 atom stereocenters. The highest BCUT2D eigenvalue weighted by molar-refractivity contribution is 5.94. The first-order valence-corrected chi connectivity index (χ1v) is 7.06. The van der Waals surface area contributed by atoms with Crippen LogP contribution in [0.2, 0.25) is 0 Å². The third-order valence-electron chi connectivity index (χ3n) is 3.06. The van der Waals surface area contributed by atoms with Gasteiger partial charge in [-0.2, -0.15) is 0 Å². The highest BCUT2D eigenvalue weighted by Crippen LogP contribution is 2.11. The van der Waals surface area contributed by atoms with Gasteiger partial charge < -0.3 is 5.32 Å². The maximum Gasteiger partial charge on any atom is 0.269 e. The SMILES string of the molecule is O=C(CCCCCNC(=O)c1ccc([N+](=O)[O-])cc1)C[N+](=O)[O-]. The minimum atomic E-state index is -0.646. The number of carbonyl (C=O) groups excluding carboxylic acids is 2. The van der Waals surface area contributed by atoms with Crippen LogP contribution in [0.5, 0.6) is 0 Å². The molecule has 0 unspecified atom stereocenters.